The molecule has 8 heteroatoms. The number of piperidine rings is 1. The Hall–Kier alpha value is -2.77. The van der Waals surface area contributed by atoms with Crippen molar-refractivity contribution in [2.45, 2.75) is 26.4 Å². The molecule has 0 radical (unpaired) electrons. The third-order valence-corrected chi connectivity index (χ3v) is 5.20. The average molecular weight is 363 g/mol. The van der Waals surface area contributed by atoms with Crippen molar-refractivity contribution in [3.05, 3.63) is 23.8 Å². The highest BCUT2D eigenvalue weighted by molar-refractivity contribution is 6.00. The number of carboxylic acid groups (broad SMARTS) is 2. The van der Waals surface area contributed by atoms with Crippen molar-refractivity contribution in [1.29, 1.82) is 0 Å². The topological polar surface area (TPSA) is 113 Å². The lowest BCUT2D eigenvalue weighted by Crippen LogP contribution is -2.34. The average Bonchev–Trinajstić information content (AvgIpc) is 3.12. The van der Waals surface area contributed by atoms with Crippen molar-refractivity contribution in [3.8, 4) is 11.5 Å². The molecule has 1 saturated heterocycles. The summed E-state index contributed by atoms with van der Waals surface area (Å²) in [6.07, 6.45) is -0.0131. The lowest BCUT2D eigenvalue weighted by molar-refractivity contribution is -0.151. The predicted octanol–water partition coefficient (Wildman–Crippen LogP) is 1.48. The lowest BCUT2D eigenvalue weighted by Gasteiger charge is -2.21. The van der Waals surface area contributed by atoms with E-state index in [-0.39, 0.29) is 25.6 Å². The van der Waals surface area contributed by atoms with Gasteiger partial charge in [0.2, 0.25) is 0 Å². The summed E-state index contributed by atoms with van der Waals surface area (Å²) in [5.41, 5.74) is -2.49. The standard InChI is InChI=1S/C18H21NO7/c1-10(2)26-12-5-4-11(6-13(12)25-3)14(20)19-8-17(15(21)22)7-18(17,9-19)16(23)24/h4-6,10H,7-9H2,1-3H3,(H,21,22)(H,23,24)/t17-,18+. The van der Waals surface area contributed by atoms with Crippen LogP contribution < -0.4 is 9.47 Å². The zero-order valence-corrected chi connectivity index (χ0v) is 14.8. The van der Waals surface area contributed by atoms with Crippen LogP contribution in [0, 0.1) is 10.8 Å². The minimum atomic E-state index is -1.39. The summed E-state index contributed by atoms with van der Waals surface area (Å²) in [7, 11) is 1.46. The summed E-state index contributed by atoms with van der Waals surface area (Å²) >= 11 is 0. The van der Waals surface area contributed by atoms with Gasteiger partial charge in [0.25, 0.3) is 5.91 Å². The van der Waals surface area contributed by atoms with Gasteiger partial charge in [-0.05, 0) is 38.5 Å². The molecule has 1 aliphatic heterocycles. The number of hydrogen-bond acceptors (Lipinski definition) is 5. The number of rotatable bonds is 6. The molecule has 0 aromatic heterocycles. The molecule has 140 valence electrons. The van der Waals surface area contributed by atoms with Crippen molar-refractivity contribution in [2.24, 2.45) is 10.8 Å². The molecule has 1 aromatic rings. The summed E-state index contributed by atoms with van der Waals surface area (Å²) in [6.45, 7) is 3.51. The van der Waals surface area contributed by atoms with Crippen LogP contribution in [-0.4, -0.2) is 59.3 Å². The number of benzene rings is 1. The van der Waals surface area contributed by atoms with E-state index in [1.807, 2.05) is 13.8 Å². The van der Waals surface area contributed by atoms with Crippen molar-refractivity contribution in [2.75, 3.05) is 20.2 Å². The number of carbonyl (C=O) groups is 3. The number of aliphatic carboxylic acids is 2. The monoisotopic (exact) mass is 363 g/mol. The molecule has 2 N–H and O–H groups in total. The van der Waals surface area contributed by atoms with E-state index >= 15 is 0 Å². The number of carboxylic acids is 2. The summed E-state index contributed by atoms with van der Waals surface area (Å²) in [4.78, 5) is 37.3. The molecule has 1 aliphatic carbocycles. The minimum Gasteiger partial charge on any atom is -0.493 e. The van der Waals surface area contributed by atoms with Crippen molar-refractivity contribution in [1.82, 2.24) is 4.90 Å². The fraction of sp³-hybridized carbons (Fsp3) is 0.500. The smallest absolute Gasteiger partial charge is 0.312 e. The van der Waals surface area contributed by atoms with Gasteiger partial charge in [0.1, 0.15) is 10.8 Å². The molecule has 1 saturated carbocycles. The molecule has 8 nitrogen and oxygen atoms in total. The maximum atomic E-state index is 12.8. The van der Waals surface area contributed by atoms with Gasteiger partial charge in [-0.15, -0.1) is 0 Å². The molecular weight excluding hydrogens is 342 g/mol. The first-order valence-electron chi connectivity index (χ1n) is 8.27. The van der Waals surface area contributed by atoms with E-state index in [0.717, 1.165) is 0 Å². The van der Waals surface area contributed by atoms with E-state index in [4.69, 9.17) is 9.47 Å². The molecule has 0 bridgehead atoms. The lowest BCUT2D eigenvalue weighted by atomic mass is 9.97. The van der Waals surface area contributed by atoms with Gasteiger partial charge in [0, 0.05) is 18.7 Å². The first kappa shape index (κ1) is 18.0. The number of hydrogen-bond donors (Lipinski definition) is 2. The molecule has 1 aromatic carbocycles. The molecule has 3 rings (SSSR count). The Balaban J connectivity index is 1.85. The molecule has 2 aliphatic rings. The predicted molar refractivity (Wildman–Crippen MR) is 89.4 cm³/mol. The van der Waals surface area contributed by atoms with Gasteiger partial charge in [-0.25, -0.2) is 0 Å². The van der Waals surface area contributed by atoms with Crippen LogP contribution in [0.3, 0.4) is 0 Å². The Morgan fingerprint density at radius 2 is 1.65 bits per heavy atom. The number of fused-ring (bicyclic) bond motifs is 1. The third-order valence-electron chi connectivity index (χ3n) is 5.20. The summed E-state index contributed by atoms with van der Waals surface area (Å²) in [5.74, 6) is -1.89. The Kier molecular flexibility index (Phi) is 4.09. The zero-order chi connectivity index (χ0) is 19.3. The second-order valence-corrected chi connectivity index (χ2v) is 7.14. The number of amides is 1. The third kappa shape index (κ3) is 2.48. The van der Waals surface area contributed by atoms with Crippen molar-refractivity contribution >= 4 is 17.8 Å². The quantitative estimate of drug-likeness (QED) is 0.787. The number of carbonyl (C=O) groups excluding carboxylic acids is 1. The SMILES string of the molecule is COc1cc(C(=O)N2C[C@@]3(C(=O)O)C[C@@]3(C(=O)O)C2)ccc1OC(C)C. The maximum absolute atomic E-state index is 12.8. The molecule has 0 unspecified atom stereocenters. The highest BCUT2D eigenvalue weighted by atomic mass is 16.5. The zero-order valence-electron chi connectivity index (χ0n) is 14.8. The van der Waals surface area contributed by atoms with E-state index < -0.39 is 28.7 Å². The number of ether oxygens (including phenoxy) is 2. The van der Waals surface area contributed by atoms with Gasteiger partial charge in [0.15, 0.2) is 11.5 Å². The van der Waals surface area contributed by atoms with Gasteiger partial charge in [-0.1, -0.05) is 0 Å². The van der Waals surface area contributed by atoms with E-state index in [0.29, 0.717) is 17.1 Å². The summed E-state index contributed by atoms with van der Waals surface area (Å²) < 4.78 is 10.9. The van der Waals surface area contributed by atoms with Crippen LogP contribution in [-0.2, 0) is 9.59 Å². The van der Waals surface area contributed by atoms with E-state index in [1.54, 1.807) is 12.1 Å². The Labute approximate surface area is 150 Å². The number of nitrogens with zero attached hydrogens (tertiary/aromatic N) is 1. The Morgan fingerprint density at radius 3 is 2.12 bits per heavy atom. The van der Waals surface area contributed by atoms with Crippen LogP contribution in [0.15, 0.2) is 18.2 Å². The van der Waals surface area contributed by atoms with Crippen LogP contribution in [0.5, 0.6) is 11.5 Å². The highest BCUT2D eigenvalue weighted by Gasteiger charge is 2.81. The fourth-order valence-electron chi connectivity index (χ4n) is 3.77. The second-order valence-electron chi connectivity index (χ2n) is 7.14. The van der Waals surface area contributed by atoms with E-state index in [2.05, 4.69) is 0 Å². The molecule has 26 heavy (non-hydrogen) atoms. The van der Waals surface area contributed by atoms with Crippen LogP contribution in [0.1, 0.15) is 30.6 Å². The fourth-order valence-corrected chi connectivity index (χ4v) is 3.77. The normalized spacial score (nSPS) is 26.4. The summed E-state index contributed by atoms with van der Waals surface area (Å²) in [5, 5.41) is 18.9. The second kappa shape index (κ2) is 5.89. The van der Waals surface area contributed by atoms with E-state index in [9.17, 15) is 24.6 Å². The number of methoxy groups -OCH3 is 1. The molecule has 2 fully saturated rings. The van der Waals surface area contributed by atoms with Crippen molar-refractivity contribution < 1.29 is 34.1 Å². The van der Waals surface area contributed by atoms with Gasteiger partial charge in [-0.2, -0.15) is 0 Å². The Morgan fingerprint density at radius 1 is 1.08 bits per heavy atom. The summed E-state index contributed by atoms with van der Waals surface area (Å²) in [6, 6.07) is 4.70. The van der Waals surface area contributed by atoms with Crippen LogP contribution in [0.25, 0.3) is 0 Å². The minimum absolute atomic E-state index is 0.0545. The van der Waals surface area contributed by atoms with Crippen LogP contribution in [0.4, 0.5) is 0 Å². The van der Waals surface area contributed by atoms with E-state index in [1.165, 1.54) is 18.1 Å². The first-order valence-corrected chi connectivity index (χ1v) is 8.27. The molecule has 1 heterocycles. The van der Waals surface area contributed by atoms with Gasteiger partial charge < -0.3 is 24.6 Å². The molecular formula is C18H21NO7. The van der Waals surface area contributed by atoms with Crippen LogP contribution >= 0.6 is 0 Å². The number of likely N-dealkylation sites (tertiary alicyclic amines) is 1. The molecule has 2 atom stereocenters. The molecule has 1 amide bonds. The van der Waals surface area contributed by atoms with Crippen LogP contribution in [0.2, 0.25) is 0 Å². The highest BCUT2D eigenvalue weighted by Crippen LogP contribution is 2.68. The maximum Gasteiger partial charge on any atom is 0.312 e. The van der Waals surface area contributed by atoms with Gasteiger partial charge >= 0.3 is 11.9 Å². The Bertz CT molecular complexity index is 762. The first-order chi connectivity index (χ1) is 12.2. The van der Waals surface area contributed by atoms with Gasteiger partial charge in [-0.3, -0.25) is 14.4 Å². The largest absolute Gasteiger partial charge is 0.493 e. The van der Waals surface area contributed by atoms with Gasteiger partial charge in [0.05, 0.1) is 13.2 Å². The van der Waals surface area contributed by atoms with Crippen molar-refractivity contribution in [3.63, 3.8) is 0 Å². The molecule has 0 spiro atoms.